The molecule has 0 N–H and O–H groups in total. The van der Waals surface area contributed by atoms with Crippen molar-refractivity contribution >= 4 is 11.0 Å². The number of aryl methyl sites for hydroxylation is 1. The standard InChI is InChI=1S/C8H7NO.2C2H6/c1-6-4-7-5-9-3-2-8(7)10-6;2*1-2/h2-5H,1H3;2*1-2H3. The zero-order chi connectivity index (χ0) is 11.0. The quantitative estimate of drug-likeness (QED) is 0.627. The van der Waals surface area contributed by atoms with E-state index in [1.165, 1.54) is 0 Å². The molecule has 0 aliphatic heterocycles. The third-order valence-electron chi connectivity index (χ3n) is 1.44. The molecule has 2 aromatic rings. The molecule has 0 aliphatic carbocycles. The van der Waals surface area contributed by atoms with E-state index in [0.29, 0.717) is 0 Å². The minimum atomic E-state index is 0.910. The monoisotopic (exact) mass is 193 g/mol. The van der Waals surface area contributed by atoms with Gasteiger partial charge in [0.05, 0.1) is 0 Å². The van der Waals surface area contributed by atoms with Crippen molar-refractivity contribution < 1.29 is 4.42 Å². The minimum absolute atomic E-state index is 0.910. The highest BCUT2D eigenvalue weighted by molar-refractivity contribution is 5.76. The first-order valence-corrected chi connectivity index (χ1v) is 5.16. The number of hydrogen-bond donors (Lipinski definition) is 0. The van der Waals surface area contributed by atoms with Crippen molar-refractivity contribution in [2.24, 2.45) is 0 Å². The molecule has 2 heterocycles. The van der Waals surface area contributed by atoms with Crippen LogP contribution in [-0.2, 0) is 0 Å². The Morgan fingerprint density at radius 2 is 1.79 bits per heavy atom. The van der Waals surface area contributed by atoms with Crippen LogP contribution in [0.3, 0.4) is 0 Å². The van der Waals surface area contributed by atoms with Crippen molar-refractivity contribution in [2.75, 3.05) is 0 Å². The van der Waals surface area contributed by atoms with Gasteiger partial charge in [-0.15, -0.1) is 0 Å². The van der Waals surface area contributed by atoms with E-state index in [1.807, 2.05) is 46.8 Å². The maximum Gasteiger partial charge on any atom is 0.137 e. The van der Waals surface area contributed by atoms with Gasteiger partial charge in [-0.3, -0.25) is 4.98 Å². The van der Waals surface area contributed by atoms with Gasteiger partial charge >= 0.3 is 0 Å². The highest BCUT2D eigenvalue weighted by atomic mass is 16.3. The Kier molecular flexibility index (Phi) is 6.46. The van der Waals surface area contributed by atoms with Crippen LogP contribution >= 0.6 is 0 Å². The molecule has 78 valence electrons. The molecule has 0 amide bonds. The van der Waals surface area contributed by atoms with Gasteiger partial charge in [-0.05, 0) is 19.1 Å². The third-order valence-corrected chi connectivity index (χ3v) is 1.44. The maximum atomic E-state index is 5.33. The average Bonchev–Trinajstić information content (AvgIpc) is 2.64. The van der Waals surface area contributed by atoms with Crippen LogP contribution in [0.5, 0.6) is 0 Å². The van der Waals surface area contributed by atoms with Crippen molar-refractivity contribution in [3.63, 3.8) is 0 Å². The molecule has 2 nitrogen and oxygen atoms in total. The van der Waals surface area contributed by atoms with Crippen LogP contribution in [0.15, 0.2) is 28.9 Å². The summed E-state index contributed by atoms with van der Waals surface area (Å²) in [4.78, 5) is 3.97. The molecule has 0 bridgehead atoms. The summed E-state index contributed by atoms with van der Waals surface area (Å²) in [6.45, 7) is 9.93. The zero-order valence-electron chi connectivity index (χ0n) is 9.66. The Morgan fingerprint density at radius 1 is 1.14 bits per heavy atom. The molecule has 2 heteroatoms. The molecule has 0 fully saturated rings. The van der Waals surface area contributed by atoms with Crippen LogP contribution < -0.4 is 0 Å². The molecular weight excluding hydrogens is 174 g/mol. The van der Waals surface area contributed by atoms with Gasteiger partial charge in [0.25, 0.3) is 0 Å². The van der Waals surface area contributed by atoms with Crippen molar-refractivity contribution in [3.05, 3.63) is 30.3 Å². The summed E-state index contributed by atoms with van der Waals surface area (Å²) in [6, 6.07) is 3.84. The fourth-order valence-electron chi connectivity index (χ4n) is 1.02. The Hall–Kier alpha value is -1.31. The lowest BCUT2D eigenvalue weighted by Gasteiger charge is -1.81. The third kappa shape index (κ3) is 3.21. The normalized spacial score (nSPS) is 8.36. The van der Waals surface area contributed by atoms with Crippen LogP contribution in [0, 0.1) is 6.92 Å². The fraction of sp³-hybridized carbons (Fsp3) is 0.417. The summed E-state index contributed by atoms with van der Waals surface area (Å²) in [5.74, 6) is 0.933. The first-order valence-electron chi connectivity index (χ1n) is 5.16. The van der Waals surface area contributed by atoms with E-state index in [-0.39, 0.29) is 0 Å². The van der Waals surface area contributed by atoms with Crippen molar-refractivity contribution in [2.45, 2.75) is 34.6 Å². The predicted molar refractivity (Wildman–Crippen MR) is 61.4 cm³/mol. The summed E-state index contributed by atoms with van der Waals surface area (Å²) in [5, 5.41) is 1.07. The van der Waals surface area contributed by atoms with Crippen molar-refractivity contribution in [1.82, 2.24) is 4.98 Å². The largest absolute Gasteiger partial charge is 0.461 e. The van der Waals surface area contributed by atoms with E-state index in [0.717, 1.165) is 16.7 Å². The number of furan rings is 1. The van der Waals surface area contributed by atoms with Crippen molar-refractivity contribution in [1.29, 1.82) is 0 Å². The van der Waals surface area contributed by atoms with E-state index in [4.69, 9.17) is 4.42 Å². The minimum Gasteiger partial charge on any atom is -0.461 e. The Labute approximate surface area is 86.0 Å². The molecule has 0 atom stereocenters. The number of aromatic nitrogens is 1. The van der Waals surface area contributed by atoms with E-state index in [1.54, 1.807) is 12.4 Å². The van der Waals surface area contributed by atoms with Crippen LogP contribution in [0.25, 0.3) is 11.0 Å². The van der Waals surface area contributed by atoms with Gasteiger partial charge in [0.1, 0.15) is 11.3 Å². The zero-order valence-corrected chi connectivity index (χ0v) is 9.66. The summed E-state index contributed by atoms with van der Waals surface area (Å²) < 4.78 is 5.33. The lowest BCUT2D eigenvalue weighted by molar-refractivity contribution is 0.578. The molecule has 0 radical (unpaired) electrons. The van der Waals surface area contributed by atoms with Gasteiger partial charge in [0.15, 0.2) is 0 Å². The maximum absolute atomic E-state index is 5.33. The number of hydrogen-bond acceptors (Lipinski definition) is 2. The van der Waals surface area contributed by atoms with Gasteiger partial charge < -0.3 is 4.42 Å². The predicted octanol–water partition coefficient (Wildman–Crippen LogP) is 4.19. The number of pyridine rings is 1. The highest BCUT2D eigenvalue weighted by Gasteiger charge is 1.96. The molecule has 0 saturated carbocycles. The van der Waals surface area contributed by atoms with Gasteiger partial charge in [-0.1, -0.05) is 27.7 Å². The van der Waals surface area contributed by atoms with Crippen LogP contribution in [0.2, 0.25) is 0 Å². The molecule has 2 aromatic heterocycles. The van der Waals surface area contributed by atoms with E-state index >= 15 is 0 Å². The smallest absolute Gasteiger partial charge is 0.137 e. The first-order chi connectivity index (χ1) is 6.86. The lowest BCUT2D eigenvalue weighted by Crippen LogP contribution is -1.65. The summed E-state index contributed by atoms with van der Waals surface area (Å²) in [5.41, 5.74) is 0.910. The fourth-order valence-corrected chi connectivity index (χ4v) is 1.02. The van der Waals surface area contributed by atoms with Gasteiger partial charge in [-0.2, -0.15) is 0 Å². The highest BCUT2D eigenvalue weighted by Crippen LogP contribution is 2.15. The summed E-state index contributed by atoms with van der Waals surface area (Å²) in [6.07, 6.45) is 3.52. The molecule has 0 unspecified atom stereocenters. The van der Waals surface area contributed by atoms with E-state index in [2.05, 4.69) is 4.98 Å². The second-order valence-electron chi connectivity index (χ2n) is 2.27. The lowest BCUT2D eigenvalue weighted by atomic mass is 10.3. The van der Waals surface area contributed by atoms with Gasteiger partial charge in [0, 0.05) is 17.8 Å². The molecular formula is C12H19NO. The molecule has 2 rings (SSSR count). The average molecular weight is 193 g/mol. The Bertz CT molecular complexity index is 319. The Balaban J connectivity index is 0.000000379. The van der Waals surface area contributed by atoms with Crippen LogP contribution in [0.1, 0.15) is 33.5 Å². The molecule has 0 spiro atoms. The van der Waals surface area contributed by atoms with E-state index < -0.39 is 0 Å². The van der Waals surface area contributed by atoms with Gasteiger partial charge in [-0.25, -0.2) is 0 Å². The van der Waals surface area contributed by atoms with Gasteiger partial charge in [0.2, 0.25) is 0 Å². The summed E-state index contributed by atoms with van der Waals surface area (Å²) >= 11 is 0. The molecule has 14 heavy (non-hydrogen) atoms. The Morgan fingerprint density at radius 3 is 2.36 bits per heavy atom. The SMILES string of the molecule is CC.CC.Cc1cc2cnccc2o1. The number of nitrogens with zero attached hydrogens (tertiary/aromatic N) is 1. The molecule has 0 saturated heterocycles. The van der Waals surface area contributed by atoms with Crippen LogP contribution in [-0.4, -0.2) is 4.98 Å². The second-order valence-corrected chi connectivity index (χ2v) is 2.27. The number of rotatable bonds is 0. The number of fused-ring (bicyclic) bond motifs is 1. The van der Waals surface area contributed by atoms with Crippen LogP contribution in [0.4, 0.5) is 0 Å². The topological polar surface area (TPSA) is 26.0 Å². The summed E-state index contributed by atoms with van der Waals surface area (Å²) in [7, 11) is 0. The molecule has 0 aromatic carbocycles. The van der Waals surface area contributed by atoms with Crippen molar-refractivity contribution in [3.8, 4) is 0 Å². The first kappa shape index (κ1) is 12.7. The molecule has 0 aliphatic rings. The second kappa shape index (κ2) is 7.13. The van der Waals surface area contributed by atoms with E-state index in [9.17, 15) is 0 Å².